The molecule has 1 aromatic heterocycles. The number of pyridine rings is 1. The van der Waals surface area contributed by atoms with Crippen molar-refractivity contribution in [3.05, 3.63) is 40.5 Å². The summed E-state index contributed by atoms with van der Waals surface area (Å²) in [6.07, 6.45) is 4.46. The van der Waals surface area contributed by atoms with Gasteiger partial charge in [0.05, 0.1) is 5.52 Å². The van der Waals surface area contributed by atoms with E-state index in [1.165, 1.54) is 23.8 Å². The van der Waals surface area contributed by atoms with Crippen molar-refractivity contribution in [2.75, 3.05) is 0 Å². The van der Waals surface area contributed by atoms with Crippen LogP contribution in [0.25, 0.3) is 10.9 Å². The molecule has 1 heterocycles. The number of hydrogen-bond donors (Lipinski definition) is 0. The molecule has 0 saturated heterocycles. The standard InChI is InChI=1S/C13H12BrN/c1-13(6-7-13)10-4-2-3-9-11(14)5-8-15-12(9)10/h2-5,8H,6-7H2,1H3. The quantitative estimate of drug-likeness (QED) is 0.755. The van der Waals surface area contributed by atoms with E-state index in [1.807, 2.05) is 12.3 Å². The third kappa shape index (κ3) is 1.39. The van der Waals surface area contributed by atoms with Gasteiger partial charge in [-0.2, -0.15) is 0 Å². The van der Waals surface area contributed by atoms with E-state index >= 15 is 0 Å². The van der Waals surface area contributed by atoms with E-state index in [9.17, 15) is 0 Å². The number of nitrogens with zero attached hydrogens (tertiary/aromatic N) is 1. The summed E-state index contributed by atoms with van der Waals surface area (Å²) in [5.74, 6) is 0. The highest BCUT2D eigenvalue weighted by Crippen LogP contribution is 2.49. The number of halogens is 1. The lowest BCUT2D eigenvalue weighted by molar-refractivity contribution is 0.794. The highest BCUT2D eigenvalue weighted by Gasteiger charge is 2.40. The number of para-hydroxylation sites is 1. The Balaban J connectivity index is 2.36. The molecule has 0 amide bonds. The normalized spacial score (nSPS) is 18.0. The maximum absolute atomic E-state index is 4.52. The van der Waals surface area contributed by atoms with Gasteiger partial charge in [0.25, 0.3) is 0 Å². The van der Waals surface area contributed by atoms with Crippen LogP contribution in [0.3, 0.4) is 0 Å². The molecular formula is C13H12BrN. The largest absolute Gasteiger partial charge is 0.256 e. The second-order valence-corrected chi connectivity index (χ2v) is 5.41. The SMILES string of the molecule is CC1(c2cccc3c(Br)ccnc23)CC1. The Hall–Kier alpha value is -0.890. The first kappa shape index (κ1) is 9.34. The van der Waals surface area contributed by atoms with Gasteiger partial charge >= 0.3 is 0 Å². The highest BCUT2D eigenvalue weighted by atomic mass is 79.9. The van der Waals surface area contributed by atoms with Crippen molar-refractivity contribution in [1.29, 1.82) is 0 Å². The second kappa shape index (κ2) is 3.05. The van der Waals surface area contributed by atoms with Gasteiger partial charge in [0, 0.05) is 16.1 Å². The van der Waals surface area contributed by atoms with Gasteiger partial charge in [-0.1, -0.05) is 41.1 Å². The van der Waals surface area contributed by atoms with Gasteiger partial charge in [0.1, 0.15) is 0 Å². The van der Waals surface area contributed by atoms with Crippen molar-refractivity contribution < 1.29 is 0 Å². The minimum Gasteiger partial charge on any atom is -0.256 e. The first-order valence-electron chi connectivity index (χ1n) is 5.24. The summed E-state index contributed by atoms with van der Waals surface area (Å²) in [7, 11) is 0. The zero-order valence-corrected chi connectivity index (χ0v) is 10.2. The Kier molecular flexibility index (Phi) is 1.90. The fourth-order valence-electron chi connectivity index (χ4n) is 2.09. The fraction of sp³-hybridized carbons (Fsp3) is 0.308. The first-order valence-corrected chi connectivity index (χ1v) is 6.04. The van der Waals surface area contributed by atoms with Gasteiger partial charge in [-0.3, -0.25) is 4.98 Å². The molecule has 0 atom stereocenters. The van der Waals surface area contributed by atoms with Crippen LogP contribution < -0.4 is 0 Å². The Morgan fingerprint density at radius 1 is 1.27 bits per heavy atom. The van der Waals surface area contributed by atoms with Crippen molar-refractivity contribution in [3.63, 3.8) is 0 Å². The molecule has 1 aliphatic carbocycles. The van der Waals surface area contributed by atoms with Crippen LogP contribution in [0.4, 0.5) is 0 Å². The summed E-state index contributed by atoms with van der Waals surface area (Å²) in [5, 5.41) is 1.23. The summed E-state index contributed by atoms with van der Waals surface area (Å²) in [5.41, 5.74) is 2.95. The number of hydrogen-bond acceptors (Lipinski definition) is 1. The van der Waals surface area contributed by atoms with Crippen LogP contribution in [0.5, 0.6) is 0 Å². The van der Waals surface area contributed by atoms with Crippen molar-refractivity contribution in [1.82, 2.24) is 4.98 Å². The lowest BCUT2D eigenvalue weighted by Crippen LogP contribution is -2.01. The summed E-state index contributed by atoms with van der Waals surface area (Å²) in [6, 6.07) is 8.48. The smallest absolute Gasteiger partial charge is 0.0750 e. The van der Waals surface area contributed by atoms with E-state index in [1.54, 1.807) is 0 Å². The molecule has 2 aromatic rings. The maximum atomic E-state index is 4.52. The molecule has 15 heavy (non-hydrogen) atoms. The van der Waals surface area contributed by atoms with Crippen LogP contribution >= 0.6 is 15.9 Å². The molecule has 1 fully saturated rings. The van der Waals surface area contributed by atoms with Gasteiger partial charge in [-0.15, -0.1) is 0 Å². The summed E-state index contributed by atoms with van der Waals surface area (Å²) < 4.78 is 1.14. The first-order chi connectivity index (χ1) is 7.21. The third-order valence-corrected chi connectivity index (χ3v) is 4.06. The van der Waals surface area contributed by atoms with Crippen LogP contribution in [0, 0.1) is 0 Å². The Bertz CT molecular complexity index is 529. The molecule has 0 unspecified atom stereocenters. The molecule has 1 aromatic carbocycles. The molecule has 3 rings (SSSR count). The molecule has 0 spiro atoms. The molecule has 2 heteroatoms. The number of benzene rings is 1. The molecule has 1 saturated carbocycles. The third-order valence-electron chi connectivity index (χ3n) is 3.37. The maximum Gasteiger partial charge on any atom is 0.0750 e. The lowest BCUT2D eigenvalue weighted by atomic mass is 9.95. The number of fused-ring (bicyclic) bond motifs is 1. The van der Waals surface area contributed by atoms with Gasteiger partial charge in [0.15, 0.2) is 0 Å². The molecular weight excluding hydrogens is 250 g/mol. The minimum atomic E-state index is 0.382. The highest BCUT2D eigenvalue weighted by molar-refractivity contribution is 9.10. The van der Waals surface area contributed by atoms with Crippen LogP contribution in [0.1, 0.15) is 25.3 Å². The van der Waals surface area contributed by atoms with Gasteiger partial charge in [-0.05, 0) is 29.9 Å². The van der Waals surface area contributed by atoms with Crippen LogP contribution in [0.15, 0.2) is 34.9 Å². The zero-order valence-electron chi connectivity index (χ0n) is 8.63. The molecule has 1 aliphatic rings. The molecule has 1 nitrogen and oxygen atoms in total. The second-order valence-electron chi connectivity index (χ2n) is 4.56. The van der Waals surface area contributed by atoms with Gasteiger partial charge in [0.2, 0.25) is 0 Å². The van der Waals surface area contributed by atoms with Crippen LogP contribution in [0.2, 0.25) is 0 Å². The monoisotopic (exact) mass is 261 g/mol. The van der Waals surface area contributed by atoms with E-state index in [-0.39, 0.29) is 0 Å². The van der Waals surface area contributed by atoms with Crippen LogP contribution in [-0.4, -0.2) is 4.98 Å². The lowest BCUT2D eigenvalue weighted by Gasteiger charge is -2.12. The predicted octanol–water partition coefficient (Wildman–Crippen LogP) is 4.05. The molecule has 0 N–H and O–H groups in total. The average molecular weight is 262 g/mol. The average Bonchev–Trinajstić information content (AvgIpc) is 2.98. The fourth-order valence-corrected chi connectivity index (χ4v) is 2.52. The van der Waals surface area contributed by atoms with E-state index in [0.717, 1.165) is 9.99 Å². The summed E-state index contributed by atoms with van der Waals surface area (Å²) >= 11 is 3.58. The molecule has 0 bridgehead atoms. The van der Waals surface area contributed by atoms with Crippen molar-refractivity contribution >= 4 is 26.8 Å². The van der Waals surface area contributed by atoms with E-state index < -0.39 is 0 Å². The van der Waals surface area contributed by atoms with Crippen molar-refractivity contribution in [2.24, 2.45) is 0 Å². The summed E-state index contributed by atoms with van der Waals surface area (Å²) in [4.78, 5) is 4.52. The van der Waals surface area contributed by atoms with Gasteiger partial charge in [-0.25, -0.2) is 0 Å². The topological polar surface area (TPSA) is 12.9 Å². The van der Waals surface area contributed by atoms with Crippen molar-refractivity contribution in [3.8, 4) is 0 Å². The van der Waals surface area contributed by atoms with Crippen LogP contribution in [-0.2, 0) is 5.41 Å². The number of rotatable bonds is 1. The summed E-state index contributed by atoms with van der Waals surface area (Å²) in [6.45, 7) is 2.32. The Morgan fingerprint density at radius 2 is 2.07 bits per heavy atom. The molecule has 0 aliphatic heterocycles. The predicted molar refractivity (Wildman–Crippen MR) is 66.0 cm³/mol. The van der Waals surface area contributed by atoms with E-state index in [2.05, 4.69) is 46.0 Å². The molecule has 0 radical (unpaired) electrons. The van der Waals surface area contributed by atoms with E-state index in [4.69, 9.17) is 0 Å². The van der Waals surface area contributed by atoms with Gasteiger partial charge < -0.3 is 0 Å². The minimum absolute atomic E-state index is 0.382. The number of aromatic nitrogens is 1. The Labute approximate surface area is 97.7 Å². The zero-order chi connectivity index (χ0) is 10.5. The molecule has 76 valence electrons. The van der Waals surface area contributed by atoms with Crippen molar-refractivity contribution in [2.45, 2.75) is 25.2 Å². The van der Waals surface area contributed by atoms with E-state index in [0.29, 0.717) is 5.41 Å². The Morgan fingerprint density at radius 3 is 2.80 bits per heavy atom.